The highest BCUT2D eigenvalue weighted by atomic mass is 35.5. The molecule has 0 amide bonds. The molecule has 0 aliphatic heterocycles. The van der Waals surface area contributed by atoms with Crippen LogP contribution in [0.2, 0.25) is 10.0 Å². The van der Waals surface area contributed by atoms with Crippen molar-refractivity contribution < 1.29 is 9.47 Å². The van der Waals surface area contributed by atoms with Gasteiger partial charge in [0.25, 0.3) is 0 Å². The first-order valence-electron chi connectivity index (χ1n) is 7.09. The number of ether oxygens (including phenoxy) is 2. The van der Waals surface area contributed by atoms with Crippen molar-refractivity contribution in [3.63, 3.8) is 0 Å². The number of nitrogens with two attached hydrogens (primary N) is 2. The van der Waals surface area contributed by atoms with Gasteiger partial charge >= 0.3 is 0 Å². The van der Waals surface area contributed by atoms with Gasteiger partial charge in [-0.05, 0) is 31.5 Å². The van der Waals surface area contributed by atoms with Gasteiger partial charge < -0.3 is 20.9 Å². The standard InChI is InChI=1S/C15H18Cl2N4O2/c1-3-22-14(23-4-2)12-11(13(18)21-15(19)20-12)8-5-6-9(16)10(17)7-8/h5-7,14H,3-4H2,1-2H3,(H4,18,19,20,21). The van der Waals surface area contributed by atoms with E-state index in [0.717, 1.165) is 0 Å². The van der Waals surface area contributed by atoms with Crippen LogP contribution >= 0.6 is 23.2 Å². The zero-order valence-electron chi connectivity index (χ0n) is 12.8. The van der Waals surface area contributed by atoms with Gasteiger partial charge in [0.15, 0.2) is 0 Å². The maximum atomic E-state index is 6.10. The second-order valence-electron chi connectivity index (χ2n) is 4.60. The van der Waals surface area contributed by atoms with E-state index >= 15 is 0 Å². The van der Waals surface area contributed by atoms with Crippen molar-refractivity contribution in [3.05, 3.63) is 33.9 Å². The molecule has 0 radical (unpaired) electrons. The van der Waals surface area contributed by atoms with Crippen LogP contribution in [0.15, 0.2) is 18.2 Å². The molecule has 2 aromatic rings. The van der Waals surface area contributed by atoms with Crippen molar-refractivity contribution in [2.75, 3.05) is 24.7 Å². The predicted octanol–water partition coefficient (Wildman–Crippen LogP) is 3.69. The lowest BCUT2D eigenvalue weighted by molar-refractivity contribution is -0.142. The summed E-state index contributed by atoms with van der Waals surface area (Å²) in [6.45, 7) is 4.60. The van der Waals surface area contributed by atoms with Crippen LogP contribution in [0.3, 0.4) is 0 Å². The van der Waals surface area contributed by atoms with Gasteiger partial charge in [0, 0.05) is 13.2 Å². The van der Waals surface area contributed by atoms with Crippen LogP contribution in [0.5, 0.6) is 0 Å². The number of hydrogen-bond acceptors (Lipinski definition) is 6. The SMILES string of the molecule is CCOC(OCC)c1nc(N)nc(N)c1-c1ccc(Cl)c(Cl)c1. The molecule has 8 heteroatoms. The Labute approximate surface area is 144 Å². The molecule has 0 aliphatic rings. The number of nitrogens with zero attached hydrogens (tertiary/aromatic N) is 2. The first-order chi connectivity index (χ1) is 11.0. The van der Waals surface area contributed by atoms with Gasteiger partial charge in [-0.1, -0.05) is 29.3 Å². The molecule has 1 heterocycles. The molecule has 124 valence electrons. The fourth-order valence-electron chi connectivity index (χ4n) is 2.14. The normalized spacial score (nSPS) is 11.2. The number of anilines is 2. The van der Waals surface area contributed by atoms with Crippen molar-refractivity contribution in [3.8, 4) is 11.1 Å². The molecule has 1 aromatic heterocycles. The van der Waals surface area contributed by atoms with Crippen molar-refractivity contribution >= 4 is 35.0 Å². The smallest absolute Gasteiger partial charge is 0.222 e. The molecule has 6 nitrogen and oxygen atoms in total. The molecule has 0 bridgehead atoms. The lowest BCUT2D eigenvalue weighted by atomic mass is 10.0. The van der Waals surface area contributed by atoms with E-state index in [0.29, 0.717) is 40.1 Å². The van der Waals surface area contributed by atoms with Gasteiger partial charge in [-0.25, -0.2) is 4.98 Å². The van der Waals surface area contributed by atoms with Gasteiger partial charge in [-0.3, -0.25) is 0 Å². The Balaban J connectivity index is 2.63. The molecule has 0 aliphatic carbocycles. The molecule has 0 unspecified atom stereocenters. The van der Waals surface area contributed by atoms with Crippen molar-refractivity contribution in [2.45, 2.75) is 20.1 Å². The maximum Gasteiger partial charge on any atom is 0.222 e. The fourth-order valence-corrected chi connectivity index (χ4v) is 2.44. The van der Waals surface area contributed by atoms with E-state index < -0.39 is 6.29 Å². The first kappa shape index (κ1) is 17.7. The second kappa shape index (κ2) is 7.79. The van der Waals surface area contributed by atoms with Crippen LogP contribution < -0.4 is 11.5 Å². The van der Waals surface area contributed by atoms with Gasteiger partial charge in [0.05, 0.1) is 15.6 Å². The first-order valence-corrected chi connectivity index (χ1v) is 7.85. The van der Waals surface area contributed by atoms with Crippen LogP contribution in [-0.2, 0) is 9.47 Å². The molecule has 0 spiro atoms. The van der Waals surface area contributed by atoms with Crippen molar-refractivity contribution in [2.24, 2.45) is 0 Å². The van der Waals surface area contributed by atoms with E-state index in [1.807, 2.05) is 13.8 Å². The number of nitrogen functional groups attached to an aromatic ring is 2. The quantitative estimate of drug-likeness (QED) is 0.766. The summed E-state index contributed by atoms with van der Waals surface area (Å²) < 4.78 is 11.2. The largest absolute Gasteiger partial charge is 0.383 e. The third-order valence-corrected chi connectivity index (χ3v) is 3.79. The van der Waals surface area contributed by atoms with Gasteiger partial charge in [0.1, 0.15) is 11.5 Å². The van der Waals surface area contributed by atoms with E-state index in [4.69, 9.17) is 44.1 Å². The summed E-state index contributed by atoms with van der Waals surface area (Å²) in [5.74, 6) is 0.265. The third kappa shape index (κ3) is 4.03. The minimum absolute atomic E-state index is 0.0470. The van der Waals surface area contributed by atoms with Gasteiger partial charge in [-0.2, -0.15) is 4.98 Å². The number of hydrogen-bond donors (Lipinski definition) is 2. The Morgan fingerprint density at radius 1 is 1.04 bits per heavy atom. The van der Waals surface area contributed by atoms with Crippen LogP contribution in [0, 0.1) is 0 Å². The minimum Gasteiger partial charge on any atom is -0.383 e. The fraction of sp³-hybridized carbons (Fsp3) is 0.333. The second-order valence-corrected chi connectivity index (χ2v) is 5.41. The molecule has 1 aromatic carbocycles. The monoisotopic (exact) mass is 356 g/mol. The molecule has 23 heavy (non-hydrogen) atoms. The van der Waals surface area contributed by atoms with Crippen LogP contribution in [0.4, 0.5) is 11.8 Å². The van der Waals surface area contributed by atoms with Gasteiger partial charge in [0.2, 0.25) is 12.2 Å². The Bertz CT molecular complexity index is 691. The molecule has 2 rings (SSSR count). The summed E-state index contributed by atoms with van der Waals surface area (Å²) in [7, 11) is 0. The summed E-state index contributed by atoms with van der Waals surface area (Å²) in [6.07, 6.45) is -0.706. The molecule has 0 saturated heterocycles. The van der Waals surface area contributed by atoms with Gasteiger partial charge in [-0.15, -0.1) is 0 Å². The Hall–Kier alpha value is -1.60. The zero-order valence-corrected chi connectivity index (χ0v) is 14.4. The van der Waals surface area contributed by atoms with E-state index in [1.165, 1.54) is 0 Å². The molecule has 0 fully saturated rings. The third-order valence-electron chi connectivity index (χ3n) is 3.05. The molecule has 4 N–H and O–H groups in total. The van der Waals surface area contributed by atoms with E-state index in [-0.39, 0.29) is 11.8 Å². The highest BCUT2D eigenvalue weighted by molar-refractivity contribution is 6.42. The number of benzene rings is 1. The number of aromatic nitrogens is 2. The Morgan fingerprint density at radius 2 is 1.70 bits per heavy atom. The number of halogens is 2. The molecule has 0 saturated carbocycles. The zero-order chi connectivity index (χ0) is 17.0. The topological polar surface area (TPSA) is 96.3 Å². The number of rotatable bonds is 6. The van der Waals surface area contributed by atoms with Crippen LogP contribution in [-0.4, -0.2) is 23.2 Å². The Morgan fingerprint density at radius 3 is 2.26 bits per heavy atom. The predicted molar refractivity (Wildman–Crippen MR) is 92.3 cm³/mol. The highest BCUT2D eigenvalue weighted by Crippen LogP contribution is 2.36. The summed E-state index contributed by atoms with van der Waals surface area (Å²) in [4.78, 5) is 8.28. The van der Waals surface area contributed by atoms with E-state index in [2.05, 4.69) is 9.97 Å². The summed E-state index contributed by atoms with van der Waals surface area (Å²) in [5, 5.41) is 0.841. The molecule has 0 atom stereocenters. The van der Waals surface area contributed by atoms with Crippen molar-refractivity contribution in [1.29, 1.82) is 0 Å². The Kier molecular flexibility index (Phi) is 6.01. The molecular formula is C15H18Cl2N4O2. The summed E-state index contributed by atoms with van der Waals surface area (Å²) in [6, 6.07) is 5.14. The van der Waals surface area contributed by atoms with Crippen LogP contribution in [0.1, 0.15) is 25.8 Å². The van der Waals surface area contributed by atoms with E-state index in [1.54, 1.807) is 18.2 Å². The minimum atomic E-state index is -0.706. The summed E-state index contributed by atoms with van der Waals surface area (Å²) in [5.41, 5.74) is 13.5. The maximum absolute atomic E-state index is 6.10. The lowest BCUT2D eigenvalue weighted by Crippen LogP contribution is -2.15. The highest BCUT2D eigenvalue weighted by Gasteiger charge is 2.23. The summed E-state index contributed by atoms with van der Waals surface area (Å²) >= 11 is 12.1. The average molecular weight is 357 g/mol. The van der Waals surface area contributed by atoms with Crippen LogP contribution in [0.25, 0.3) is 11.1 Å². The lowest BCUT2D eigenvalue weighted by Gasteiger charge is -2.20. The van der Waals surface area contributed by atoms with Crippen molar-refractivity contribution in [1.82, 2.24) is 9.97 Å². The molecular weight excluding hydrogens is 339 g/mol. The van der Waals surface area contributed by atoms with E-state index in [9.17, 15) is 0 Å². The average Bonchev–Trinajstić information content (AvgIpc) is 2.49.